The summed E-state index contributed by atoms with van der Waals surface area (Å²) in [4.78, 5) is 2.66. The SMILES string of the molecule is c1cc(CN2CCC3CCCCC32)co1. The molecule has 1 saturated carbocycles. The summed E-state index contributed by atoms with van der Waals surface area (Å²) in [6.45, 7) is 2.39. The van der Waals surface area contributed by atoms with Crippen molar-refractivity contribution in [2.45, 2.75) is 44.7 Å². The van der Waals surface area contributed by atoms with Gasteiger partial charge in [-0.1, -0.05) is 12.8 Å². The molecule has 1 aromatic heterocycles. The van der Waals surface area contributed by atoms with Gasteiger partial charge in [0.25, 0.3) is 0 Å². The fraction of sp³-hybridized carbons (Fsp3) is 0.692. The van der Waals surface area contributed by atoms with Crippen LogP contribution in [0, 0.1) is 5.92 Å². The van der Waals surface area contributed by atoms with Crippen molar-refractivity contribution >= 4 is 0 Å². The Hall–Kier alpha value is -0.760. The van der Waals surface area contributed by atoms with Crippen LogP contribution in [0.2, 0.25) is 0 Å². The number of furan rings is 1. The van der Waals surface area contributed by atoms with Crippen LogP contribution in [0.1, 0.15) is 37.7 Å². The van der Waals surface area contributed by atoms with Gasteiger partial charge in [0.1, 0.15) is 0 Å². The normalized spacial score (nSPS) is 31.7. The molecule has 3 rings (SSSR count). The molecule has 0 radical (unpaired) electrons. The van der Waals surface area contributed by atoms with Gasteiger partial charge < -0.3 is 4.42 Å². The van der Waals surface area contributed by atoms with Crippen LogP contribution in [0.3, 0.4) is 0 Å². The molecule has 0 bridgehead atoms. The van der Waals surface area contributed by atoms with Crippen LogP contribution in [0.25, 0.3) is 0 Å². The average molecular weight is 205 g/mol. The Bertz CT molecular complexity index is 306. The molecule has 0 amide bonds. The first-order valence-corrected chi connectivity index (χ1v) is 6.18. The smallest absolute Gasteiger partial charge is 0.0947 e. The van der Waals surface area contributed by atoms with E-state index in [0.29, 0.717) is 0 Å². The first-order chi connectivity index (χ1) is 7.43. The van der Waals surface area contributed by atoms with Crippen molar-refractivity contribution in [3.63, 3.8) is 0 Å². The summed E-state index contributed by atoms with van der Waals surface area (Å²) in [6, 6.07) is 2.96. The van der Waals surface area contributed by atoms with Gasteiger partial charge in [0, 0.05) is 18.2 Å². The molecule has 2 atom stereocenters. The highest BCUT2D eigenvalue weighted by molar-refractivity contribution is 5.06. The monoisotopic (exact) mass is 205 g/mol. The molecule has 2 heterocycles. The van der Waals surface area contributed by atoms with E-state index in [1.807, 2.05) is 6.26 Å². The summed E-state index contributed by atoms with van der Waals surface area (Å²) in [6.07, 6.45) is 10.9. The van der Waals surface area contributed by atoms with Gasteiger partial charge in [0.05, 0.1) is 12.5 Å². The number of rotatable bonds is 2. The minimum absolute atomic E-state index is 0.869. The molecule has 2 aliphatic rings. The summed E-state index contributed by atoms with van der Waals surface area (Å²) < 4.78 is 5.13. The lowest BCUT2D eigenvalue weighted by molar-refractivity contribution is 0.175. The van der Waals surface area contributed by atoms with Crippen LogP contribution in [-0.4, -0.2) is 17.5 Å². The maximum atomic E-state index is 5.13. The van der Waals surface area contributed by atoms with Gasteiger partial charge in [-0.05, 0) is 37.8 Å². The van der Waals surface area contributed by atoms with Crippen molar-refractivity contribution in [2.75, 3.05) is 6.54 Å². The fourth-order valence-electron chi connectivity index (χ4n) is 3.32. The Labute approximate surface area is 91.3 Å². The standard InChI is InChI=1S/C13H19NO/c1-2-4-13-12(3-1)5-7-14(13)9-11-6-8-15-10-11/h6,8,10,12-13H,1-5,7,9H2. The molecular weight excluding hydrogens is 186 g/mol. The molecule has 0 aromatic carbocycles. The Kier molecular flexibility index (Phi) is 2.53. The highest BCUT2D eigenvalue weighted by Gasteiger charge is 2.35. The van der Waals surface area contributed by atoms with E-state index in [4.69, 9.17) is 4.42 Å². The van der Waals surface area contributed by atoms with E-state index >= 15 is 0 Å². The Morgan fingerprint density at radius 2 is 2.20 bits per heavy atom. The van der Waals surface area contributed by atoms with Crippen LogP contribution in [0.5, 0.6) is 0 Å². The van der Waals surface area contributed by atoms with Crippen molar-refractivity contribution in [3.05, 3.63) is 24.2 Å². The van der Waals surface area contributed by atoms with Gasteiger partial charge in [0.15, 0.2) is 0 Å². The number of hydrogen-bond acceptors (Lipinski definition) is 2. The maximum absolute atomic E-state index is 5.13. The lowest BCUT2D eigenvalue weighted by atomic mass is 9.85. The Balaban J connectivity index is 1.67. The second-order valence-electron chi connectivity index (χ2n) is 5.00. The van der Waals surface area contributed by atoms with Crippen LogP contribution in [-0.2, 0) is 6.54 Å². The average Bonchev–Trinajstić information content (AvgIpc) is 2.89. The molecule has 1 aromatic rings. The van der Waals surface area contributed by atoms with E-state index < -0.39 is 0 Å². The zero-order valence-electron chi connectivity index (χ0n) is 9.19. The van der Waals surface area contributed by atoms with Crippen molar-refractivity contribution in [1.29, 1.82) is 0 Å². The molecule has 15 heavy (non-hydrogen) atoms. The second-order valence-corrected chi connectivity index (χ2v) is 5.00. The summed E-state index contributed by atoms with van der Waals surface area (Å²) in [5.74, 6) is 0.991. The Morgan fingerprint density at radius 3 is 3.07 bits per heavy atom. The first kappa shape index (κ1) is 9.46. The highest BCUT2D eigenvalue weighted by atomic mass is 16.3. The molecule has 1 aliphatic carbocycles. The molecule has 82 valence electrons. The van der Waals surface area contributed by atoms with Crippen LogP contribution in [0.4, 0.5) is 0 Å². The molecule has 0 N–H and O–H groups in total. The van der Waals surface area contributed by atoms with Gasteiger partial charge in [0.2, 0.25) is 0 Å². The van der Waals surface area contributed by atoms with E-state index in [2.05, 4.69) is 11.0 Å². The maximum Gasteiger partial charge on any atom is 0.0947 e. The van der Waals surface area contributed by atoms with Crippen LogP contribution < -0.4 is 0 Å². The number of fused-ring (bicyclic) bond motifs is 1. The first-order valence-electron chi connectivity index (χ1n) is 6.18. The molecule has 1 saturated heterocycles. The predicted molar refractivity (Wildman–Crippen MR) is 59.5 cm³/mol. The number of hydrogen-bond donors (Lipinski definition) is 0. The van der Waals surface area contributed by atoms with Crippen molar-refractivity contribution in [1.82, 2.24) is 4.90 Å². The lowest BCUT2D eigenvalue weighted by Crippen LogP contribution is -2.34. The van der Waals surface area contributed by atoms with E-state index in [1.54, 1.807) is 6.26 Å². The second kappa shape index (κ2) is 4.01. The van der Waals surface area contributed by atoms with Crippen molar-refractivity contribution in [2.24, 2.45) is 5.92 Å². The third kappa shape index (κ3) is 1.83. The zero-order valence-corrected chi connectivity index (χ0v) is 9.19. The minimum atomic E-state index is 0.869. The highest BCUT2D eigenvalue weighted by Crippen LogP contribution is 2.36. The summed E-state index contributed by atoms with van der Waals surface area (Å²) >= 11 is 0. The molecule has 2 unspecified atom stereocenters. The van der Waals surface area contributed by atoms with Crippen LogP contribution >= 0.6 is 0 Å². The topological polar surface area (TPSA) is 16.4 Å². The van der Waals surface area contributed by atoms with E-state index in [-0.39, 0.29) is 0 Å². The molecule has 2 nitrogen and oxygen atoms in total. The zero-order chi connectivity index (χ0) is 10.1. The number of likely N-dealkylation sites (tertiary alicyclic amines) is 1. The molecular formula is C13H19NO. The predicted octanol–water partition coefficient (Wildman–Crippen LogP) is 3.04. The van der Waals surface area contributed by atoms with E-state index in [0.717, 1.165) is 18.5 Å². The van der Waals surface area contributed by atoms with E-state index in [9.17, 15) is 0 Å². The Morgan fingerprint density at radius 1 is 1.27 bits per heavy atom. The third-order valence-electron chi connectivity index (χ3n) is 4.09. The van der Waals surface area contributed by atoms with Gasteiger partial charge in [-0.25, -0.2) is 0 Å². The quantitative estimate of drug-likeness (QED) is 0.738. The van der Waals surface area contributed by atoms with Crippen molar-refractivity contribution in [3.8, 4) is 0 Å². The van der Waals surface area contributed by atoms with Gasteiger partial charge in [-0.2, -0.15) is 0 Å². The summed E-state index contributed by atoms with van der Waals surface area (Å²) in [5, 5.41) is 0. The largest absolute Gasteiger partial charge is 0.472 e. The summed E-state index contributed by atoms with van der Waals surface area (Å²) in [7, 11) is 0. The molecule has 2 heteroatoms. The molecule has 2 fully saturated rings. The van der Waals surface area contributed by atoms with E-state index in [1.165, 1.54) is 44.2 Å². The van der Waals surface area contributed by atoms with Crippen LogP contribution in [0.15, 0.2) is 23.0 Å². The molecule has 1 aliphatic heterocycles. The number of nitrogens with zero attached hydrogens (tertiary/aromatic N) is 1. The fourth-order valence-corrected chi connectivity index (χ4v) is 3.32. The van der Waals surface area contributed by atoms with Crippen molar-refractivity contribution < 1.29 is 4.42 Å². The lowest BCUT2D eigenvalue weighted by Gasteiger charge is -2.31. The molecule has 0 spiro atoms. The van der Waals surface area contributed by atoms with Gasteiger partial charge in [-0.15, -0.1) is 0 Å². The third-order valence-corrected chi connectivity index (χ3v) is 4.09. The summed E-state index contributed by atoms with van der Waals surface area (Å²) in [5.41, 5.74) is 1.33. The minimum Gasteiger partial charge on any atom is -0.472 e. The van der Waals surface area contributed by atoms with Gasteiger partial charge in [-0.3, -0.25) is 4.90 Å². The van der Waals surface area contributed by atoms with Gasteiger partial charge >= 0.3 is 0 Å².